The number of fused-ring (bicyclic) bond motifs is 1. The summed E-state index contributed by atoms with van der Waals surface area (Å²) in [5.41, 5.74) is 1.48. The lowest BCUT2D eigenvalue weighted by Gasteiger charge is -2.37. The van der Waals surface area contributed by atoms with Crippen LogP contribution in [0.1, 0.15) is 31.2 Å². The van der Waals surface area contributed by atoms with Crippen LogP contribution in [-0.2, 0) is 14.4 Å². The molecular formula is C17H20N2O4. The van der Waals surface area contributed by atoms with Gasteiger partial charge in [0.2, 0.25) is 11.8 Å². The predicted molar refractivity (Wildman–Crippen MR) is 83.9 cm³/mol. The first kappa shape index (κ1) is 15.5. The summed E-state index contributed by atoms with van der Waals surface area (Å²) >= 11 is 0. The molecule has 1 saturated heterocycles. The summed E-state index contributed by atoms with van der Waals surface area (Å²) < 4.78 is 0. The van der Waals surface area contributed by atoms with Crippen molar-refractivity contribution in [3.8, 4) is 0 Å². The fraction of sp³-hybridized carbons (Fsp3) is 0.471. The largest absolute Gasteiger partial charge is 0.481 e. The summed E-state index contributed by atoms with van der Waals surface area (Å²) in [6, 6.07) is 7.29. The summed E-state index contributed by atoms with van der Waals surface area (Å²) in [7, 11) is 0. The van der Waals surface area contributed by atoms with Gasteiger partial charge in [0, 0.05) is 25.2 Å². The van der Waals surface area contributed by atoms with Crippen molar-refractivity contribution >= 4 is 23.5 Å². The number of likely N-dealkylation sites (tertiary alicyclic amines) is 1. The molecule has 2 amide bonds. The Labute approximate surface area is 134 Å². The third-order valence-corrected chi connectivity index (χ3v) is 4.62. The molecule has 2 heterocycles. The number of carbonyl (C=O) groups excluding carboxylic acids is 2. The Kier molecular flexibility index (Phi) is 4.07. The minimum atomic E-state index is -0.865. The molecule has 2 N–H and O–H groups in total. The van der Waals surface area contributed by atoms with Crippen molar-refractivity contribution in [3.05, 3.63) is 29.8 Å². The zero-order valence-electron chi connectivity index (χ0n) is 13.0. The topological polar surface area (TPSA) is 86.7 Å². The lowest BCUT2D eigenvalue weighted by atomic mass is 9.86. The fourth-order valence-electron chi connectivity index (χ4n) is 3.56. The molecule has 0 aromatic heterocycles. The minimum Gasteiger partial charge on any atom is -0.481 e. The molecule has 3 rings (SSSR count). The van der Waals surface area contributed by atoms with E-state index < -0.39 is 17.8 Å². The Morgan fingerprint density at radius 3 is 2.74 bits per heavy atom. The molecule has 0 bridgehead atoms. The van der Waals surface area contributed by atoms with E-state index in [1.165, 1.54) is 0 Å². The molecule has 0 spiro atoms. The van der Waals surface area contributed by atoms with E-state index in [1.807, 2.05) is 25.1 Å². The molecular weight excluding hydrogens is 296 g/mol. The number of benzene rings is 1. The first-order chi connectivity index (χ1) is 11.0. The molecule has 2 aliphatic rings. The van der Waals surface area contributed by atoms with Crippen molar-refractivity contribution in [2.75, 3.05) is 18.4 Å². The summed E-state index contributed by atoms with van der Waals surface area (Å²) in [6.07, 6.45) is 0.694. The first-order valence-electron chi connectivity index (χ1n) is 7.86. The number of nitrogens with zero attached hydrogens (tertiary/aromatic N) is 1. The van der Waals surface area contributed by atoms with Gasteiger partial charge in [-0.05, 0) is 24.0 Å². The van der Waals surface area contributed by atoms with Crippen LogP contribution in [0, 0.1) is 11.8 Å². The SMILES string of the molecule is CC1CC(C(=O)O)CN(C(=O)C2CC(=O)Nc3ccccc32)C1. The van der Waals surface area contributed by atoms with Crippen LogP contribution in [0.5, 0.6) is 0 Å². The Morgan fingerprint density at radius 2 is 2.00 bits per heavy atom. The highest BCUT2D eigenvalue weighted by atomic mass is 16.4. The van der Waals surface area contributed by atoms with Gasteiger partial charge in [-0.3, -0.25) is 14.4 Å². The van der Waals surface area contributed by atoms with Crippen LogP contribution < -0.4 is 5.32 Å². The van der Waals surface area contributed by atoms with Crippen molar-refractivity contribution < 1.29 is 19.5 Å². The van der Waals surface area contributed by atoms with Crippen molar-refractivity contribution in [1.29, 1.82) is 0 Å². The van der Waals surface area contributed by atoms with Gasteiger partial charge in [-0.15, -0.1) is 0 Å². The van der Waals surface area contributed by atoms with E-state index in [0.29, 0.717) is 18.7 Å². The summed E-state index contributed by atoms with van der Waals surface area (Å²) in [5, 5.41) is 12.0. The summed E-state index contributed by atoms with van der Waals surface area (Å²) in [5.74, 6) is -2.11. The van der Waals surface area contributed by atoms with E-state index in [4.69, 9.17) is 0 Å². The van der Waals surface area contributed by atoms with Crippen LogP contribution >= 0.6 is 0 Å². The number of para-hydroxylation sites is 1. The molecule has 1 aromatic rings. The molecule has 1 fully saturated rings. The van der Waals surface area contributed by atoms with Gasteiger partial charge < -0.3 is 15.3 Å². The Bertz CT molecular complexity index is 658. The van der Waals surface area contributed by atoms with Crippen LogP contribution in [-0.4, -0.2) is 40.9 Å². The van der Waals surface area contributed by atoms with Gasteiger partial charge in [0.1, 0.15) is 0 Å². The van der Waals surface area contributed by atoms with Gasteiger partial charge in [-0.2, -0.15) is 0 Å². The lowest BCUT2D eigenvalue weighted by Crippen LogP contribution is -2.48. The molecule has 23 heavy (non-hydrogen) atoms. The Hall–Kier alpha value is -2.37. The molecule has 3 atom stereocenters. The van der Waals surface area contributed by atoms with Gasteiger partial charge in [0.05, 0.1) is 11.8 Å². The maximum Gasteiger partial charge on any atom is 0.308 e. The van der Waals surface area contributed by atoms with Gasteiger partial charge in [0.25, 0.3) is 0 Å². The maximum atomic E-state index is 12.9. The van der Waals surface area contributed by atoms with E-state index in [0.717, 1.165) is 5.56 Å². The standard InChI is InChI=1S/C17H20N2O4/c1-10-6-11(17(22)23)9-19(8-10)16(21)13-7-15(20)18-14-5-3-2-4-12(13)14/h2-5,10-11,13H,6-9H2,1H3,(H,18,20)(H,22,23). The highest BCUT2D eigenvalue weighted by Crippen LogP contribution is 2.34. The monoisotopic (exact) mass is 316 g/mol. The lowest BCUT2D eigenvalue weighted by molar-refractivity contribution is -0.147. The van der Waals surface area contributed by atoms with Crippen LogP contribution in [0.15, 0.2) is 24.3 Å². The van der Waals surface area contributed by atoms with Crippen molar-refractivity contribution in [3.63, 3.8) is 0 Å². The fourth-order valence-corrected chi connectivity index (χ4v) is 3.56. The summed E-state index contributed by atoms with van der Waals surface area (Å²) in [6.45, 7) is 2.72. The second-order valence-electron chi connectivity index (χ2n) is 6.51. The number of nitrogens with one attached hydrogen (secondary N) is 1. The number of carbonyl (C=O) groups is 3. The second kappa shape index (κ2) is 6.02. The van der Waals surface area contributed by atoms with E-state index in [-0.39, 0.29) is 30.7 Å². The number of anilines is 1. The van der Waals surface area contributed by atoms with Gasteiger partial charge in [-0.1, -0.05) is 25.1 Å². The third-order valence-electron chi connectivity index (χ3n) is 4.62. The molecule has 6 heteroatoms. The number of hydrogen-bond acceptors (Lipinski definition) is 3. The van der Waals surface area contributed by atoms with Crippen molar-refractivity contribution in [2.24, 2.45) is 11.8 Å². The molecule has 0 aliphatic carbocycles. The predicted octanol–water partition coefficient (Wildman–Crippen LogP) is 1.68. The van der Waals surface area contributed by atoms with E-state index in [2.05, 4.69) is 5.32 Å². The molecule has 6 nitrogen and oxygen atoms in total. The van der Waals surface area contributed by atoms with Gasteiger partial charge in [-0.25, -0.2) is 0 Å². The van der Waals surface area contributed by atoms with Crippen molar-refractivity contribution in [1.82, 2.24) is 4.90 Å². The normalized spacial score (nSPS) is 27.1. The average molecular weight is 316 g/mol. The zero-order valence-corrected chi connectivity index (χ0v) is 13.0. The van der Waals surface area contributed by atoms with Crippen LogP contribution in [0.3, 0.4) is 0 Å². The smallest absolute Gasteiger partial charge is 0.308 e. The first-order valence-corrected chi connectivity index (χ1v) is 7.86. The molecule has 2 aliphatic heterocycles. The van der Waals surface area contributed by atoms with Gasteiger partial charge >= 0.3 is 5.97 Å². The molecule has 1 aromatic carbocycles. The Morgan fingerprint density at radius 1 is 1.26 bits per heavy atom. The summed E-state index contributed by atoms with van der Waals surface area (Å²) in [4.78, 5) is 37.7. The van der Waals surface area contributed by atoms with E-state index >= 15 is 0 Å². The maximum absolute atomic E-state index is 12.9. The minimum absolute atomic E-state index is 0.110. The molecule has 3 unspecified atom stereocenters. The number of aliphatic carboxylic acids is 1. The second-order valence-corrected chi connectivity index (χ2v) is 6.51. The van der Waals surface area contributed by atoms with E-state index in [1.54, 1.807) is 11.0 Å². The molecule has 122 valence electrons. The number of hydrogen-bond donors (Lipinski definition) is 2. The van der Waals surface area contributed by atoms with E-state index in [9.17, 15) is 19.5 Å². The number of piperidine rings is 1. The highest BCUT2D eigenvalue weighted by Gasteiger charge is 2.37. The van der Waals surface area contributed by atoms with Gasteiger partial charge in [0.15, 0.2) is 0 Å². The highest BCUT2D eigenvalue weighted by molar-refractivity contribution is 6.01. The number of rotatable bonds is 2. The zero-order chi connectivity index (χ0) is 16.6. The number of carboxylic acid groups (broad SMARTS) is 1. The van der Waals surface area contributed by atoms with Crippen LogP contribution in [0.2, 0.25) is 0 Å². The third kappa shape index (κ3) is 3.06. The number of amides is 2. The molecule has 0 radical (unpaired) electrons. The Balaban J connectivity index is 1.85. The van der Waals surface area contributed by atoms with Crippen LogP contribution in [0.25, 0.3) is 0 Å². The van der Waals surface area contributed by atoms with Crippen LogP contribution in [0.4, 0.5) is 5.69 Å². The number of carboxylic acids is 1. The average Bonchev–Trinajstić information content (AvgIpc) is 2.52. The van der Waals surface area contributed by atoms with Crippen molar-refractivity contribution in [2.45, 2.75) is 25.7 Å². The quantitative estimate of drug-likeness (QED) is 0.869. The molecule has 0 saturated carbocycles.